The fourth-order valence-corrected chi connectivity index (χ4v) is 3.93. The molecule has 1 aliphatic rings. The first-order valence-corrected chi connectivity index (χ1v) is 9.16. The summed E-state index contributed by atoms with van der Waals surface area (Å²) in [4.78, 5) is 12.6. The average molecular weight is 377 g/mol. The van der Waals surface area contributed by atoms with Crippen LogP contribution in [0.2, 0.25) is 0 Å². The fraction of sp³-hybridized carbons (Fsp3) is 0.462. The van der Waals surface area contributed by atoms with Gasteiger partial charge in [-0.05, 0) is 30.5 Å². The van der Waals surface area contributed by atoms with Gasteiger partial charge in [-0.2, -0.15) is 0 Å². The highest BCUT2D eigenvalue weighted by atomic mass is 79.9. The van der Waals surface area contributed by atoms with Crippen LogP contribution in [0, 0.1) is 0 Å². The number of sulfonamides is 1. The second-order valence-electron chi connectivity index (χ2n) is 5.16. The number of carboxylic acid groups (broad SMARTS) is 1. The van der Waals surface area contributed by atoms with E-state index in [1.54, 1.807) is 0 Å². The number of carbonyl (C=O) groups is 1. The van der Waals surface area contributed by atoms with Crippen molar-refractivity contribution in [1.29, 1.82) is 0 Å². The molecule has 0 spiro atoms. The van der Waals surface area contributed by atoms with Crippen molar-refractivity contribution >= 4 is 32.0 Å². The SMILES string of the molecule is CS(=O)(=O)NC1CCN(C(=O)O)C1Cc1cccc(Br)c1. The Labute approximate surface area is 132 Å². The zero-order valence-corrected chi connectivity index (χ0v) is 13.9. The molecule has 2 unspecified atom stereocenters. The molecule has 1 aromatic carbocycles. The molecule has 1 heterocycles. The van der Waals surface area contributed by atoms with Crippen molar-refractivity contribution < 1.29 is 18.3 Å². The van der Waals surface area contributed by atoms with Gasteiger partial charge in [-0.3, -0.25) is 0 Å². The number of halogens is 1. The predicted octanol–water partition coefficient (Wildman–Crippen LogP) is 1.66. The van der Waals surface area contributed by atoms with Gasteiger partial charge in [0.1, 0.15) is 0 Å². The van der Waals surface area contributed by atoms with E-state index in [9.17, 15) is 18.3 Å². The van der Waals surface area contributed by atoms with Gasteiger partial charge in [-0.1, -0.05) is 28.1 Å². The molecule has 1 aromatic rings. The Balaban J connectivity index is 2.22. The maximum absolute atomic E-state index is 11.4. The number of amides is 1. The van der Waals surface area contributed by atoms with Crippen LogP contribution in [0.25, 0.3) is 0 Å². The average Bonchev–Trinajstić information content (AvgIpc) is 2.70. The molecule has 0 aliphatic carbocycles. The van der Waals surface area contributed by atoms with Gasteiger partial charge in [0.05, 0.1) is 12.3 Å². The highest BCUT2D eigenvalue weighted by Gasteiger charge is 2.38. The summed E-state index contributed by atoms with van der Waals surface area (Å²) in [7, 11) is -3.37. The van der Waals surface area contributed by atoms with E-state index in [1.165, 1.54) is 4.90 Å². The van der Waals surface area contributed by atoms with Crippen LogP contribution >= 0.6 is 15.9 Å². The Morgan fingerprint density at radius 1 is 1.52 bits per heavy atom. The van der Waals surface area contributed by atoms with Crippen molar-refractivity contribution in [1.82, 2.24) is 9.62 Å². The van der Waals surface area contributed by atoms with E-state index in [4.69, 9.17) is 0 Å². The van der Waals surface area contributed by atoms with Gasteiger partial charge in [0.2, 0.25) is 10.0 Å². The molecule has 1 aliphatic heterocycles. The zero-order chi connectivity index (χ0) is 15.6. The molecule has 0 radical (unpaired) electrons. The van der Waals surface area contributed by atoms with Crippen molar-refractivity contribution in [3.8, 4) is 0 Å². The standard InChI is InChI=1S/C13H17BrN2O4S/c1-21(19,20)15-11-5-6-16(13(17)18)12(11)8-9-3-2-4-10(14)7-9/h2-4,7,11-12,15H,5-6,8H2,1H3,(H,17,18). The van der Waals surface area contributed by atoms with Crippen LogP contribution in [-0.4, -0.2) is 49.4 Å². The Hall–Kier alpha value is -1.12. The molecule has 2 atom stereocenters. The monoisotopic (exact) mass is 376 g/mol. The largest absolute Gasteiger partial charge is 0.465 e. The minimum absolute atomic E-state index is 0.335. The summed E-state index contributed by atoms with van der Waals surface area (Å²) in [6.45, 7) is 0.335. The molecule has 1 fully saturated rings. The van der Waals surface area contributed by atoms with Crippen molar-refractivity contribution in [2.75, 3.05) is 12.8 Å². The van der Waals surface area contributed by atoms with E-state index in [1.807, 2.05) is 24.3 Å². The van der Waals surface area contributed by atoms with Crippen LogP contribution < -0.4 is 4.72 Å². The smallest absolute Gasteiger partial charge is 0.407 e. The molecule has 21 heavy (non-hydrogen) atoms. The predicted molar refractivity (Wildman–Crippen MR) is 82.7 cm³/mol. The van der Waals surface area contributed by atoms with Crippen LogP contribution in [0.5, 0.6) is 0 Å². The van der Waals surface area contributed by atoms with Crippen LogP contribution in [0.15, 0.2) is 28.7 Å². The van der Waals surface area contributed by atoms with Crippen LogP contribution in [0.3, 0.4) is 0 Å². The molecule has 1 amide bonds. The van der Waals surface area contributed by atoms with Crippen molar-refractivity contribution in [3.63, 3.8) is 0 Å². The Morgan fingerprint density at radius 2 is 2.24 bits per heavy atom. The maximum atomic E-state index is 11.4. The molecule has 2 rings (SSSR count). The summed E-state index contributed by atoms with van der Waals surface area (Å²) in [5, 5.41) is 9.27. The van der Waals surface area contributed by atoms with Gasteiger partial charge in [-0.25, -0.2) is 17.9 Å². The molecule has 116 valence electrons. The lowest BCUT2D eigenvalue weighted by Gasteiger charge is -2.26. The van der Waals surface area contributed by atoms with Crippen LogP contribution in [0.1, 0.15) is 12.0 Å². The minimum atomic E-state index is -3.37. The summed E-state index contributed by atoms with van der Waals surface area (Å²) in [6.07, 6.45) is 1.02. The quantitative estimate of drug-likeness (QED) is 0.836. The summed E-state index contributed by atoms with van der Waals surface area (Å²) in [5.41, 5.74) is 0.961. The zero-order valence-electron chi connectivity index (χ0n) is 11.5. The summed E-state index contributed by atoms with van der Waals surface area (Å²) in [5.74, 6) is 0. The van der Waals surface area contributed by atoms with Gasteiger partial charge in [-0.15, -0.1) is 0 Å². The number of hydrogen-bond acceptors (Lipinski definition) is 3. The third kappa shape index (κ3) is 4.42. The van der Waals surface area contributed by atoms with Gasteiger partial charge in [0.15, 0.2) is 0 Å². The Morgan fingerprint density at radius 3 is 2.81 bits per heavy atom. The van der Waals surface area contributed by atoms with E-state index in [0.29, 0.717) is 19.4 Å². The molecular weight excluding hydrogens is 360 g/mol. The van der Waals surface area contributed by atoms with Crippen molar-refractivity contribution in [2.24, 2.45) is 0 Å². The third-order valence-corrected chi connectivity index (χ3v) is 4.71. The Kier molecular flexibility index (Phi) is 4.90. The summed E-state index contributed by atoms with van der Waals surface area (Å²) < 4.78 is 26.3. The number of benzene rings is 1. The first-order valence-electron chi connectivity index (χ1n) is 6.47. The molecular formula is C13H17BrN2O4S. The van der Waals surface area contributed by atoms with Gasteiger partial charge in [0.25, 0.3) is 0 Å². The molecule has 8 heteroatoms. The van der Waals surface area contributed by atoms with E-state index >= 15 is 0 Å². The topological polar surface area (TPSA) is 86.7 Å². The molecule has 0 bridgehead atoms. The highest BCUT2D eigenvalue weighted by Crippen LogP contribution is 2.24. The lowest BCUT2D eigenvalue weighted by atomic mass is 10.0. The van der Waals surface area contributed by atoms with Crippen LogP contribution in [-0.2, 0) is 16.4 Å². The first-order chi connectivity index (χ1) is 9.76. The highest BCUT2D eigenvalue weighted by molar-refractivity contribution is 9.10. The minimum Gasteiger partial charge on any atom is -0.465 e. The number of likely N-dealkylation sites (tertiary alicyclic amines) is 1. The molecule has 0 saturated carbocycles. The van der Waals surface area contributed by atoms with Gasteiger partial charge in [0, 0.05) is 17.1 Å². The second kappa shape index (κ2) is 6.33. The lowest BCUT2D eigenvalue weighted by Crippen LogP contribution is -2.47. The van der Waals surface area contributed by atoms with E-state index < -0.39 is 28.2 Å². The summed E-state index contributed by atoms with van der Waals surface area (Å²) >= 11 is 3.38. The second-order valence-corrected chi connectivity index (χ2v) is 7.86. The van der Waals surface area contributed by atoms with Crippen LogP contribution in [0.4, 0.5) is 4.79 Å². The maximum Gasteiger partial charge on any atom is 0.407 e. The number of nitrogens with one attached hydrogen (secondary N) is 1. The lowest BCUT2D eigenvalue weighted by molar-refractivity contribution is 0.137. The molecule has 2 N–H and O–H groups in total. The number of rotatable bonds is 4. The molecule has 6 nitrogen and oxygen atoms in total. The van der Waals surface area contributed by atoms with Gasteiger partial charge < -0.3 is 10.0 Å². The Bertz CT molecular complexity index is 635. The van der Waals surface area contributed by atoms with Crippen molar-refractivity contribution in [3.05, 3.63) is 34.3 Å². The first kappa shape index (κ1) is 16.3. The van der Waals surface area contributed by atoms with E-state index in [0.717, 1.165) is 16.3 Å². The molecule has 1 saturated heterocycles. The third-order valence-electron chi connectivity index (χ3n) is 3.49. The molecule has 0 aromatic heterocycles. The normalized spacial score (nSPS) is 22.5. The van der Waals surface area contributed by atoms with E-state index in [2.05, 4.69) is 20.7 Å². The van der Waals surface area contributed by atoms with Crippen molar-refractivity contribution in [2.45, 2.75) is 24.9 Å². The number of nitrogens with zero attached hydrogens (tertiary/aromatic N) is 1. The fourth-order valence-electron chi connectivity index (χ4n) is 2.66. The summed E-state index contributed by atoms with van der Waals surface area (Å²) in [6, 6.07) is 6.79. The van der Waals surface area contributed by atoms with Gasteiger partial charge >= 0.3 is 6.09 Å². The number of hydrogen-bond donors (Lipinski definition) is 2. The van der Waals surface area contributed by atoms with E-state index in [-0.39, 0.29) is 0 Å².